The van der Waals surface area contributed by atoms with Gasteiger partial charge in [-0.3, -0.25) is 0 Å². The quantitative estimate of drug-likeness (QED) is 0.901. The van der Waals surface area contributed by atoms with Crippen LogP contribution in [-0.2, 0) is 10.0 Å². The summed E-state index contributed by atoms with van der Waals surface area (Å²) in [6.45, 7) is 0.392. The van der Waals surface area contributed by atoms with Crippen LogP contribution in [-0.4, -0.2) is 44.1 Å². The highest BCUT2D eigenvalue weighted by atomic mass is 32.2. The molecule has 1 aromatic carbocycles. The van der Waals surface area contributed by atoms with Gasteiger partial charge in [0.25, 0.3) is 0 Å². The molecule has 1 aliphatic heterocycles. The maximum absolute atomic E-state index is 13.6. The van der Waals surface area contributed by atoms with Crippen LogP contribution in [0, 0.1) is 5.82 Å². The van der Waals surface area contributed by atoms with Crippen LogP contribution in [0.1, 0.15) is 12.8 Å². The summed E-state index contributed by atoms with van der Waals surface area (Å²) in [6.07, 6.45) is 0.522. The molecule has 2 rings (SSSR count). The Bertz CT molecular complexity index is 561. The molecule has 1 saturated heterocycles. The molecule has 0 unspecified atom stereocenters. The lowest BCUT2D eigenvalue weighted by molar-refractivity contribution is 0.108. The normalized spacial score (nSPS) is 21.3. The van der Waals surface area contributed by atoms with Crippen LogP contribution >= 0.6 is 0 Å². The van der Waals surface area contributed by atoms with Gasteiger partial charge in [0.2, 0.25) is 10.0 Å². The van der Waals surface area contributed by atoms with Crippen LogP contribution in [0.4, 0.5) is 4.39 Å². The minimum atomic E-state index is -3.76. The second-order valence-corrected chi connectivity index (χ2v) is 6.39. The lowest BCUT2D eigenvalue weighted by atomic mass is 10.1. The molecule has 0 amide bonds. The van der Waals surface area contributed by atoms with Crippen molar-refractivity contribution in [2.45, 2.75) is 23.8 Å². The van der Waals surface area contributed by atoms with Gasteiger partial charge < -0.3 is 9.84 Å². The van der Waals surface area contributed by atoms with Gasteiger partial charge in [-0.2, -0.15) is 4.31 Å². The molecule has 0 radical (unpaired) electrons. The minimum Gasteiger partial charge on any atom is -0.494 e. The molecule has 0 bridgehead atoms. The third kappa shape index (κ3) is 2.88. The molecule has 1 aromatic rings. The van der Waals surface area contributed by atoms with Gasteiger partial charge in [0.15, 0.2) is 11.6 Å². The van der Waals surface area contributed by atoms with Gasteiger partial charge in [-0.15, -0.1) is 0 Å². The number of benzene rings is 1. The molecule has 1 aliphatic rings. The van der Waals surface area contributed by atoms with Gasteiger partial charge in [0.1, 0.15) is 0 Å². The SMILES string of the molecule is COc1ccc(S(=O)(=O)N2CCC[C@H](O)C2)cc1F. The number of nitrogens with zero attached hydrogens (tertiary/aromatic N) is 1. The van der Waals surface area contributed by atoms with Crippen molar-refractivity contribution in [3.05, 3.63) is 24.0 Å². The number of hydrogen-bond acceptors (Lipinski definition) is 4. The van der Waals surface area contributed by atoms with Crippen molar-refractivity contribution in [2.24, 2.45) is 0 Å². The molecule has 0 aromatic heterocycles. The van der Waals surface area contributed by atoms with E-state index in [0.29, 0.717) is 19.4 Å². The number of hydrogen-bond donors (Lipinski definition) is 1. The average Bonchev–Trinajstić information content (AvgIpc) is 2.38. The van der Waals surface area contributed by atoms with Gasteiger partial charge in [-0.25, -0.2) is 12.8 Å². The number of sulfonamides is 1. The molecule has 0 saturated carbocycles. The molecule has 19 heavy (non-hydrogen) atoms. The number of aliphatic hydroxyl groups excluding tert-OH is 1. The van der Waals surface area contributed by atoms with E-state index in [2.05, 4.69) is 0 Å². The average molecular weight is 289 g/mol. The van der Waals surface area contributed by atoms with Gasteiger partial charge in [0, 0.05) is 13.1 Å². The zero-order valence-corrected chi connectivity index (χ0v) is 11.4. The predicted octanol–water partition coefficient (Wildman–Crippen LogP) is 0.980. The molecule has 7 heteroatoms. The van der Waals surface area contributed by atoms with Crippen LogP contribution in [0.15, 0.2) is 23.1 Å². The fourth-order valence-electron chi connectivity index (χ4n) is 2.10. The molecule has 0 spiro atoms. The Kier molecular flexibility index (Phi) is 4.07. The number of piperidine rings is 1. The lowest BCUT2D eigenvalue weighted by Crippen LogP contribution is -2.42. The highest BCUT2D eigenvalue weighted by molar-refractivity contribution is 7.89. The number of halogens is 1. The Morgan fingerprint density at radius 3 is 2.79 bits per heavy atom. The third-order valence-corrected chi connectivity index (χ3v) is 4.98. The van der Waals surface area contributed by atoms with Crippen LogP contribution in [0.2, 0.25) is 0 Å². The van der Waals surface area contributed by atoms with Gasteiger partial charge in [-0.1, -0.05) is 0 Å². The molecular formula is C12H16FNO4S. The molecule has 106 valence electrons. The largest absolute Gasteiger partial charge is 0.494 e. The summed E-state index contributed by atoms with van der Waals surface area (Å²) in [4.78, 5) is -0.125. The van der Waals surface area contributed by atoms with Crippen LogP contribution in [0.3, 0.4) is 0 Å². The predicted molar refractivity (Wildman–Crippen MR) is 67.0 cm³/mol. The summed E-state index contributed by atoms with van der Waals surface area (Å²) in [5, 5.41) is 9.53. The maximum atomic E-state index is 13.6. The summed E-state index contributed by atoms with van der Waals surface area (Å²) in [7, 11) is -2.45. The summed E-state index contributed by atoms with van der Waals surface area (Å²) < 4.78 is 44.1. The molecular weight excluding hydrogens is 273 g/mol. The zero-order valence-electron chi connectivity index (χ0n) is 10.5. The molecule has 1 fully saturated rings. The van der Waals surface area contributed by atoms with Crippen molar-refractivity contribution in [3.63, 3.8) is 0 Å². The fourth-order valence-corrected chi connectivity index (χ4v) is 3.62. The summed E-state index contributed by atoms with van der Waals surface area (Å²) in [5.41, 5.74) is 0. The van der Waals surface area contributed by atoms with Crippen LogP contribution in [0.25, 0.3) is 0 Å². The Morgan fingerprint density at radius 2 is 2.21 bits per heavy atom. The summed E-state index contributed by atoms with van der Waals surface area (Å²) >= 11 is 0. The number of ether oxygens (including phenoxy) is 1. The number of β-amino-alcohol motifs (C(OH)–C–C–N with tert-alkyl or cyclic N) is 1. The van der Waals surface area contributed by atoms with E-state index in [4.69, 9.17) is 4.74 Å². The van der Waals surface area contributed by atoms with Crippen molar-refractivity contribution in [1.82, 2.24) is 4.31 Å². The Hall–Kier alpha value is -1.18. The minimum absolute atomic E-state index is 0.00220. The first-order chi connectivity index (χ1) is 8.95. The molecule has 0 aliphatic carbocycles. The first-order valence-corrected chi connectivity index (χ1v) is 7.41. The third-order valence-electron chi connectivity index (χ3n) is 3.12. The monoisotopic (exact) mass is 289 g/mol. The lowest BCUT2D eigenvalue weighted by Gasteiger charge is -2.29. The topological polar surface area (TPSA) is 66.8 Å². The van der Waals surface area contributed by atoms with E-state index < -0.39 is 21.9 Å². The van der Waals surface area contributed by atoms with Crippen molar-refractivity contribution < 1.29 is 22.7 Å². The maximum Gasteiger partial charge on any atom is 0.243 e. The van der Waals surface area contributed by atoms with Crippen molar-refractivity contribution in [1.29, 1.82) is 0 Å². The van der Waals surface area contributed by atoms with Crippen LogP contribution in [0.5, 0.6) is 5.75 Å². The summed E-state index contributed by atoms with van der Waals surface area (Å²) in [6, 6.07) is 3.52. The van der Waals surface area contributed by atoms with Crippen molar-refractivity contribution >= 4 is 10.0 Å². The van der Waals surface area contributed by atoms with Gasteiger partial charge >= 0.3 is 0 Å². The Morgan fingerprint density at radius 1 is 1.47 bits per heavy atom. The molecule has 1 atom stereocenters. The second kappa shape index (κ2) is 5.44. The van der Waals surface area contributed by atoms with Crippen LogP contribution < -0.4 is 4.74 Å². The molecule has 1 N–H and O–H groups in total. The van der Waals surface area contributed by atoms with E-state index in [1.165, 1.54) is 23.5 Å². The smallest absolute Gasteiger partial charge is 0.243 e. The van der Waals surface area contributed by atoms with E-state index in [9.17, 15) is 17.9 Å². The number of methoxy groups -OCH3 is 1. The van der Waals surface area contributed by atoms with Crippen molar-refractivity contribution in [3.8, 4) is 5.75 Å². The van der Waals surface area contributed by atoms with E-state index in [1.807, 2.05) is 0 Å². The standard InChI is InChI=1S/C12H16FNO4S/c1-18-12-5-4-10(7-11(12)13)19(16,17)14-6-2-3-9(15)8-14/h4-5,7,9,15H,2-3,6,8H2,1H3/t9-/m0/s1. The molecule has 1 heterocycles. The molecule has 5 nitrogen and oxygen atoms in total. The number of rotatable bonds is 3. The van der Waals surface area contributed by atoms with Crippen molar-refractivity contribution in [2.75, 3.05) is 20.2 Å². The first kappa shape index (κ1) is 14.2. The summed E-state index contributed by atoms with van der Waals surface area (Å²) in [5.74, 6) is -0.723. The van der Waals surface area contributed by atoms with E-state index in [-0.39, 0.29) is 17.2 Å². The number of aliphatic hydroxyl groups is 1. The van der Waals surface area contributed by atoms with Gasteiger partial charge in [-0.05, 0) is 31.0 Å². The van der Waals surface area contributed by atoms with E-state index in [0.717, 1.165) is 6.07 Å². The fraction of sp³-hybridized carbons (Fsp3) is 0.500. The van der Waals surface area contributed by atoms with Gasteiger partial charge in [0.05, 0.1) is 18.1 Å². The Balaban J connectivity index is 2.31. The zero-order chi connectivity index (χ0) is 14.0. The second-order valence-electron chi connectivity index (χ2n) is 4.46. The highest BCUT2D eigenvalue weighted by Crippen LogP contribution is 2.25. The highest BCUT2D eigenvalue weighted by Gasteiger charge is 2.29. The van der Waals surface area contributed by atoms with E-state index >= 15 is 0 Å². The van der Waals surface area contributed by atoms with E-state index in [1.54, 1.807) is 0 Å². The Labute approximate surface area is 111 Å². The first-order valence-electron chi connectivity index (χ1n) is 5.97.